The van der Waals surface area contributed by atoms with Gasteiger partial charge in [-0.3, -0.25) is 9.69 Å². The summed E-state index contributed by atoms with van der Waals surface area (Å²) in [5.41, 5.74) is 0.688. The molecule has 0 radical (unpaired) electrons. The summed E-state index contributed by atoms with van der Waals surface area (Å²) in [7, 11) is 0. The monoisotopic (exact) mass is 290 g/mol. The summed E-state index contributed by atoms with van der Waals surface area (Å²) in [6, 6.07) is 1.59. The summed E-state index contributed by atoms with van der Waals surface area (Å²) in [5, 5.41) is 19.7. The second kappa shape index (κ2) is 6.74. The van der Waals surface area contributed by atoms with Crippen LogP contribution < -0.4 is 5.43 Å². The smallest absolute Gasteiger partial charge is 0.223 e. The summed E-state index contributed by atoms with van der Waals surface area (Å²) in [6.45, 7) is 8.92. The number of aromatic nitrogens is 1. The van der Waals surface area contributed by atoms with Crippen LogP contribution in [0.3, 0.4) is 0 Å². The van der Waals surface area contributed by atoms with Crippen LogP contribution in [0.2, 0.25) is 0 Å². The summed E-state index contributed by atoms with van der Waals surface area (Å²) in [5.74, 6) is -0.225. The minimum atomic E-state index is -0.442. The Kier molecular flexibility index (Phi) is 4.98. The molecule has 0 amide bonds. The van der Waals surface area contributed by atoms with Crippen molar-refractivity contribution in [2.75, 3.05) is 13.1 Å². The highest BCUT2D eigenvalue weighted by Crippen LogP contribution is 2.38. The van der Waals surface area contributed by atoms with E-state index in [0.29, 0.717) is 31.0 Å². The predicted molar refractivity (Wildman–Crippen MR) is 82.2 cm³/mol. The molecule has 0 saturated heterocycles. The first kappa shape index (κ1) is 15.5. The third-order valence-corrected chi connectivity index (χ3v) is 3.63. The third kappa shape index (κ3) is 3.43. The third-order valence-electron chi connectivity index (χ3n) is 3.63. The van der Waals surface area contributed by atoms with Crippen molar-refractivity contribution in [3.8, 4) is 5.75 Å². The normalized spacial score (nSPS) is 14.4. The highest BCUT2D eigenvalue weighted by molar-refractivity contribution is 5.31. The average molecular weight is 290 g/mol. The zero-order valence-electron chi connectivity index (χ0n) is 12.2. The minimum Gasteiger partial charge on any atom is -0.503 e. The molecule has 2 rings (SSSR count). The molecule has 114 valence electrons. The fraction of sp³-hybridized carbons (Fsp3) is 0.438. The van der Waals surface area contributed by atoms with Gasteiger partial charge in [0.2, 0.25) is 5.43 Å². The van der Waals surface area contributed by atoms with Crippen LogP contribution in [0.25, 0.3) is 0 Å². The van der Waals surface area contributed by atoms with Crippen LogP contribution in [0.1, 0.15) is 30.3 Å². The van der Waals surface area contributed by atoms with Crippen molar-refractivity contribution in [1.29, 1.82) is 0 Å². The molecule has 5 heteroatoms. The van der Waals surface area contributed by atoms with E-state index in [1.165, 1.54) is 6.07 Å². The number of aliphatic hydroxyl groups excluding tert-OH is 1. The molecule has 0 atom stereocenters. The molecule has 1 aliphatic carbocycles. The van der Waals surface area contributed by atoms with Gasteiger partial charge in [-0.25, -0.2) is 0 Å². The number of nitrogens with zero attached hydrogens (tertiary/aromatic N) is 2. The van der Waals surface area contributed by atoms with E-state index in [0.717, 1.165) is 12.8 Å². The number of aliphatic hydroxyl groups is 1. The lowest BCUT2D eigenvalue weighted by Gasteiger charge is -2.24. The number of hydrogen-bond acceptors (Lipinski definition) is 4. The highest BCUT2D eigenvalue weighted by Gasteiger charge is 2.29. The van der Waals surface area contributed by atoms with E-state index in [9.17, 15) is 15.0 Å². The molecule has 1 aromatic heterocycles. The summed E-state index contributed by atoms with van der Waals surface area (Å²) >= 11 is 0. The first-order chi connectivity index (χ1) is 10.1. The van der Waals surface area contributed by atoms with Gasteiger partial charge in [-0.15, -0.1) is 13.2 Å². The van der Waals surface area contributed by atoms with Crippen LogP contribution in [0.4, 0.5) is 0 Å². The molecule has 0 unspecified atom stereocenters. The quantitative estimate of drug-likeness (QED) is 0.713. The van der Waals surface area contributed by atoms with Crippen molar-refractivity contribution in [2.24, 2.45) is 0 Å². The molecule has 1 aliphatic rings. The largest absolute Gasteiger partial charge is 0.503 e. The van der Waals surface area contributed by atoms with Crippen molar-refractivity contribution >= 4 is 0 Å². The highest BCUT2D eigenvalue weighted by atomic mass is 16.3. The fourth-order valence-electron chi connectivity index (χ4n) is 2.56. The van der Waals surface area contributed by atoms with Crippen LogP contribution in [0.5, 0.6) is 5.75 Å². The van der Waals surface area contributed by atoms with Gasteiger partial charge in [0.25, 0.3) is 0 Å². The van der Waals surface area contributed by atoms with Crippen molar-refractivity contribution in [2.45, 2.75) is 32.0 Å². The summed E-state index contributed by atoms with van der Waals surface area (Å²) < 4.78 is 1.91. The topological polar surface area (TPSA) is 65.7 Å². The van der Waals surface area contributed by atoms with Gasteiger partial charge in [-0.2, -0.15) is 0 Å². The van der Waals surface area contributed by atoms with Gasteiger partial charge in [-0.05, 0) is 12.8 Å². The van der Waals surface area contributed by atoms with E-state index in [-0.39, 0.29) is 18.4 Å². The zero-order chi connectivity index (χ0) is 15.4. The minimum absolute atomic E-state index is 0.206. The van der Waals surface area contributed by atoms with Gasteiger partial charge in [-0.1, -0.05) is 12.2 Å². The Hall–Kier alpha value is -1.85. The van der Waals surface area contributed by atoms with Crippen LogP contribution in [-0.4, -0.2) is 32.8 Å². The second-order valence-corrected chi connectivity index (χ2v) is 5.33. The number of aromatic hydroxyl groups is 1. The average Bonchev–Trinajstić information content (AvgIpc) is 3.28. The molecule has 1 fully saturated rings. The standard InChI is InChI=1S/C16H22N2O3/c1-3-7-17(8-4-2)10-14-16(21)15(20)9-13(11-19)18(14)12-5-6-12/h3-4,9,12,19,21H,1-2,5-8,10-11H2. The molecule has 1 heterocycles. The van der Waals surface area contributed by atoms with Gasteiger partial charge in [0.05, 0.1) is 12.3 Å². The van der Waals surface area contributed by atoms with E-state index in [4.69, 9.17) is 0 Å². The lowest BCUT2D eigenvalue weighted by Crippen LogP contribution is -2.28. The maximum atomic E-state index is 11.9. The molecule has 0 bridgehead atoms. The van der Waals surface area contributed by atoms with E-state index < -0.39 is 5.43 Å². The molecule has 1 saturated carbocycles. The molecule has 2 N–H and O–H groups in total. The Morgan fingerprint density at radius 1 is 1.33 bits per heavy atom. The Morgan fingerprint density at radius 2 is 1.95 bits per heavy atom. The SMILES string of the molecule is C=CCN(CC=C)Cc1c(O)c(=O)cc(CO)n1C1CC1. The number of rotatable bonds is 8. The Balaban J connectivity index is 2.44. The molecule has 5 nitrogen and oxygen atoms in total. The van der Waals surface area contributed by atoms with Crippen LogP contribution in [0.15, 0.2) is 36.2 Å². The van der Waals surface area contributed by atoms with Crippen molar-refractivity contribution in [3.63, 3.8) is 0 Å². The second-order valence-electron chi connectivity index (χ2n) is 5.33. The zero-order valence-corrected chi connectivity index (χ0v) is 12.2. The Morgan fingerprint density at radius 3 is 2.43 bits per heavy atom. The number of pyridine rings is 1. The lowest BCUT2D eigenvalue weighted by atomic mass is 10.2. The van der Waals surface area contributed by atoms with Crippen LogP contribution >= 0.6 is 0 Å². The van der Waals surface area contributed by atoms with E-state index in [1.54, 1.807) is 12.2 Å². The summed E-state index contributed by atoms with van der Waals surface area (Å²) in [6.07, 6.45) is 5.56. The van der Waals surface area contributed by atoms with Crippen molar-refractivity contribution in [3.05, 3.63) is 53.0 Å². The maximum Gasteiger partial charge on any atom is 0.223 e. The molecule has 0 aromatic carbocycles. The maximum absolute atomic E-state index is 11.9. The van der Waals surface area contributed by atoms with E-state index >= 15 is 0 Å². The lowest BCUT2D eigenvalue weighted by molar-refractivity contribution is 0.261. The predicted octanol–water partition coefficient (Wildman–Crippen LogP) is 1.56. The molecule has 1 aromatic rings. The summed E-state index contributed by atoms with van der Waals surface area (Å²) in [4.78, 5) is 13.9. The van der Waals surface area contributed by atoms with Gasteiger partial charge in [0, 0.05) is 37.4 Å². The van der Waals surface area contributed by atoms with Gasteiger partial charge in [0.1, 0.15) is 0 Å². The van der Waals surface area contributed by atoms with Crippen LogP contribution in [-0.2, 0) is 13.2 Å². The first-order valence-corrected chi connectivity index (χ1v) is 7.13. The van der Waals surface area contributed by atoms with E-state index in [1.807, 2.05) is 9.47 Å². The van der Waals surface area contributed by atoms with Crippen molar-refractivity contribution < 1.29 is 10.2 Å². The first-order valence-electron chi connectivity index (χ1n) is 7.13. The van der Waals surface area contributed by atoms with E-state index in [2.05, 4.69) is 13.2 Å². The molecular weight excluding hydrogens is 268 g/mol. The Labute approximate surface area is 124 Å². The molecule has 0 aliphatic heterocycles. The molecule has 21 heavy (non-hydrogen) atoms. The van der Waals surface area contributed by atoms with Crippen LogP contribution in [0, 0.1) is 0 Å². The molecule has 0 spiro atoms. The van der Waals surface area contributed by atoms with Crippen molar-refractivity contribution in [1.82, 2.24) is 9.47 Å². The van der Waals surface area contributed by atoms with Gasteiger partial charge in [0.15, 0.2) is 5.75 Å². The fourth-order valence-corrected chi connectivity index (χ4v) is 2.56. The molecular formula is C16H22N2O3. The number of hydrogen-bond donors (Lipinski definition) is 2. The van der Waals surface area contributed by atoms with Gasteiger partial charge < -0.3 is 14.8 Å². The Bertz CT molecular complexity index is 578. The van der Waals surface area contributed by atoms with Gasteiger partial charge >= 0.3 is 0 Å².